The molecule has 1 aliphatic rings. The maximum absolute atomic E-state index is 13.9. The lowest BCUT2D eigenvalue weighted by molar-refractivity contribution is -0.139. The fourth-order valence-electron chi connectivity index (χ4n) is 4.84. The highest BCUT2D eigenvalue weighted by molar-refractivity contribution is 9.11. The third-order valence-electron chi connectivity index (χ3n) is 6.88. The van der Waals surface area contributed by atoms with Crippen LogP contribution in [0.2, 0.25) is 5.02 Å². The Kier molecular flexibility index (Phi) is 10.4. The van der Waals surface area contributed by atoms with Gasteiger partial charge in [-0.05, 0) is 106 Å². The second-order valence-corrected chi connectivity index (χ2v) is 13.0. The van der Waals surface area contributed by atoms with Gasteiger partial charge in [0.2, 0.25) is 0 Å². The molecule has 0 saturated heterocycles. The van der Waals surface area contributed by atoms with Crippen molar-refractivity contribution in [1.29, 1.82) is 0 Å². The number of aromatic nitrogens is 1. The normalized spacial score (nSPS) is 14.5. The van der Waals surface area contributed by atoms with Crippen molar-refractivity contribution in [2.45, 2.75) is 33.4 Å². The van der Waals surface area contributed by atoms with Crippen LogP contribution in [0.25, 0.3) is 6.08 Å². The first-order valence-electron chi connectivity index (χ1n) is 13.9. The Labute approximate surface area is 284 Å². The molecular weight excluding hydrogens is 748 g/mol. The number of ether oxygens (including phenoxy) is 3. The third kappa shape index (κ3) is 7.01. The summed E-state index contributed by atoms with van der Waals surface area (Å²) in [5.74, 6) is -0.333. The summed E-state index contributed by atoms with van der Waals surface area (Å²) in [6, 6.07) is 17.1. The highest BCUT2D eigenvalue weighted by atomic mass is 79.9. The first-order valence-corrected chi connectivity index (χ1v) is 16.7. The monoisotopic (exact) mass is 772 g/mol. The minimum atomic E-state index is -0.795. The van der Waals surface area contributed by atoms with Crippen LogP contribution in [-0.2, 0) is 20.9 Å². The van der Waals surface area contributed by atoms with Crippen LogP contribution in [0.4, 0.5) is 0 Å². The topological polar surface area (TPSA) is 96.2 Å². The first-order chi connectivity index (χ1) is 21.6. The maximum atomic E-state index is 13.9. The van der Waals surface area contributed by atoms with Crippen LogP contribution < -0.4 is 19.6 Å². The fourth-order valence-corrected chi connectivity index (χ4v) is 7.58. The second-order valence-electron chi connectivity index (χ2n) is 9.84. The molecule has 5 rings (SSSR count). The van der Waals surface area contributed by atoms with Crippen molar-refractivity contribution in [3.8, 4) is 5.75 Å². The number of rotatable bonds is 9. The Morgan fingerprint density at radius 2 is 1.64 bits per heavy atom. The van der Waals surface area contributed by atoms with E-state index in [1.54, 1.807) is 57.2 Å². The van der Waals surface area contributed by atoms with Crippen LogP contribution in [0.15, 0.2) is 90.7 Å². The van der Waals surface area contributed by atoms with E-state index in [-0.39, 0.29) is 30.3 Å². The third-order valence-corrected chi connectivity index (χ3v) is 9.39. The van der Waals surface area contributed by atoms with Gasteiger partial charge < -0.3 is 14.2 Å². The molecule has 0 amide bonds. The zero-order valence-corrected chi connectivity index (χ0v) is 29.2. The summed E-state index contributed by atoms with van der Waals surface area (Å²) in [5, 5.41) is 0.423. The highest BCUT2D eigenvalue weighted by Crippen LogP contribution is 2.36. The Hall–Kier alpha value is -3.51. The lowest BCUT2D eigenvalue weighted by Gasteiger charge is -2.25. The Morgan fingerprint density at radius 3 is 2.29 bits per heavy atom. The van der Waals surface area contributed by atoms with E-state index < -0.39 is 12.0 Å². The van der Waals surface area contributed by atoms with Gasteiger partial charge in [0.25, 0.3) is 5.56 Å². The molecule has 0 N–H and O–H groups in total. The molecule has 1 aromatic heterocycles. The number of carbonyl (C=O) groups is 2. The average molecular weight is 775 g/mol. The molecule has 0 unspecified atom stereocenters. The molecule has 0 fully saturated rings. The standard InChI is InChI=1S/C33H27Br2ClN2O6S/c1-4-42-31(40)21-12-10-19(11-13-21)17-44-29-23(34)14-20(15-24(29)35)16-26-30(39)38-28(22-8-6-7-9-25(22)36)27(32(41)43-5-2)18(3)37-33(38)45-26/h6-16,28H,4-5,17H2,1-3H3/b26-16-/t28-/m1/s1. The fraction of sp³-hybridized carbons (Fsp3) is 0.212. The van der Waals surface area contributed by atoms with Gasteiger partial charge in [-0.3, -0.25) is 9.36 Å². The van der Waals surface area contributed by atoms with Crippen molar-refractivity contribution >= 4 is 72.8 Å². The zero-order valence-electron chi connectivity index (χ0n) is 24.4. The molecule has 8 nitrogen and oxygen atoms in total. The number of carbonyl (C=O) groups excluding carboxylic acids is 2. The van der Waals surface area contributed by atoms with Crippen LogP contribution >= 0.6 is 54.8 Å². The maximum Gasteiger partial charge on any atom is 0.338 e. The van der Waals surface area contributed by atoms with E-state index in [4.69, 9.17) is 25.8 Å². The largest absolute Gasteiger partial charge is 0.487 e. The number of allylic oxidation sites excluding steroid dienone is 1. The lowest BCUT2D eigenvalue weighted by Crippen LogP contribution is -2.40. The van der Waals surface area contributed by atoms with E-state index in [1.807, 2.05) is 30.3 Å². The average Bonchev–Trinajstić information content (AvgIpc) is 3.30. The molecule has 0 spiro atoms. The van der Waals surface area contributed by atoms with Crippen molar-refractivity contribution in [3.63, 3.8) is 0 Å². The van der Waals surface area contributed by atoms with Gasteiger partial charge in [-0.25, -0.2) is 14.6 Å². The molecule has 45 heavy (non-hydrogen) atoms. The molecule has 1 atom stereocenters. The van der Waals surface area contributed by atoms with Gasteiger partial charge in [-0.1, -0.05) is 53.3 Å². The molecule has 3 aromatic carbocycles. The molecule has 0 bridgehead atoms. The summed E-state index contributed by atoms with van der Waals surface area (Å²) in [7, 11) is 0. The SMILES string of the molecule is CCOC(=O)C1=C(C)N=c2s/c(=C\c3cc(Br)c(OCc4ccc(C(=O)OCC)cc4)c(Br)c3)c(=O)n2[C@@H]1c1ccccc1Cl. The van der Waals surface area contributed by atoms with Crippen LogP contribution in [-0.4, -0.2) is 29.7 Å². The summed E-state index contributed by atoms with van der Waals surface area (Å²) in [6.45, 7) is 5.98. The van der Waals surface area contributed by atoms with Crippen LogP contribution in [0.1, 0.15) is 53.9 Å². The van der Waals surface area contributed by atoms with Crippen molar-refractivity contribution in [2.75, 3.05) is 13.2 Å². The van der Waals surface area contributed by atoms with E-state index in [0.29, 0.717) is 52.5 Å². The number of benzene rings is 3. The summed E-state index contributed by atoms with van der Waals surface area (Å²) >= 11 is 15.0. The smallest absolute Gasteiger partial charge is 0.338 e. The van der Waals surface area contributed by atoms with Crippen LogP contribution in [0.3, 0.4) is 0 Å². The number of hydrogen-bond acceptors (Lipinski definition) is 8. The van der Waals surface area contributed by atoms with E-state index in [1.165, 1.54) is 15.9 Å². The molecule has 0 saturated carbocycles. The summed E-state index contributed by atoms with van der Waals surface area (Å²) in [4.78, 5) is 44.0. The number of halogens is 3. The molecule has 232 valence electrons. The number of esters is 2. The van der Waals surface area contributed by atoms with Gasteiger partial charge in [0.05, 0.1) is 43.5 Å². The van der Waals surface area contributed by atoms with E-state index in [2.05, 4.69) is 36.9 Å². The van der Waals surface area contributed by atoms with Gasteiger partial charge in [0, 0.05) is 5.02 Å². The second kappa shape index (κ2) is 14.3. The minimum Gasteiger partial charge on any atom is -0.487 e. The van der Waals surface area contributed by atoms with Crippen molar-refractivity contribution in [3.05, 3.63) is 128 Å². The molecule has 12 heteroatoms. The number of thiazole rings is 1. The van der Waals surface area contributed by atoms with Gasteiger partial charge in [-0.15, -0.1) is 0 Å². The lowest BCUT2D eigenvalue weighted by atomic mass is 9.96. The Balaban J connectivity index is 1.47. The minimum absolute atomic E-state index is 0.181. The van der Waals surface area contributed by atoms with Gasteiger partial charge in [-0.2, -0.15) is 0 Å². The summed E-state index contributed by atoms with van der Waals surface area (Å²) < 4.78 is 19.7. The molecule has 2 heterocycles. The van der Waals surface area contributed by atoms with Crippen LogP contribution in [0.5, 0.6) is 5.75 Å². The predicted octanol–water partition coefficient (Wildman–Crippen LogP) is 6.73. The number of fused-ring (bicyclic) bond motifs is 1. The molecule has 4 aromatic rings. The summed E-state index contributed by atoms with van der Waals surface area (Å²) in [5.41, 5.74) is 3.12. The number of nitrogens with zero attached hydrogens (tertiary/aromatic N) is 2. The number of hydrogen-bond donors (Lipinski definition) is 0. The van der Waals surface area contributed by atoms with E-state index >= 15 is 0 Å². The Bertz CT molecular complexity index is 1980. The quantitative estimate of drug-likeness (QED) is 0.175. The Morgan fingerprint density at radius 1 is 1.00 bits per heavy atom. The molecule has 0 radical (unpaired) electrons. The molecule has 0 aliphatic carbocycles. The highest BCUT2D eigenvalue weighted by Gasteiger charge is 2.34. The zero-order chi connectivity index (χ0) is 32.2. The van der Waals surface area contributed by atoms with Gasteiger partial charge in [0.1, 0.15) is 18.4 Å². The van der Waals surface area contributed by atoms with Gasteiger partial charge >= 0.3 is 11.9 Å². The van der Waals surface area contributed by atoms with Crippen molar-refractivity contribution in [2.24, 2.45) is 4.99 Å². The van der Waals surface area contributed by atoms with Crippen molar-refractivity contribution in [1.82, 2.24) is 4.57 Å². The van der Waals surface area contributed by atoms with Crippen LogP contribution in [0, 0.1) is 0 Å². The van der Waals surface area contributed by atoms with E-state index in [0.717, 1.165) is 11.1 Å². The van der Waals surface area contributed by atoms with E-state index in [9.17, 15) is 14.4 Å². The molecule has 1 aliphatic heterocycles. The predicted molar refractivity (Wildman–Crippen MR) is 180 cm³/mol. The van der Waals surface area contributed by atoms with Gasteiger partial charge in [0.15, 0.2) is 4.80 Å². The summed E-state index contributed by atoms with van der Waals surface area (Å²) in [6.07, 6.45) is 1.77. The van der Waals surface area contributed by atoms with Crippen molar-refractivity contribution < 1.29 is 23.8 Å². The first kappa shape index (κ1) is 32.9. The molecular formula is C33H27Br2ClN2O6S.